The fraction of sp³-hybridized carbons (Fsp3) is 0.400. The molecule has 3 nitrogen and oxygen atoms in total. The lowest BCUT2D eigenvalue weighted by Crippen LogP contribution is -1.92. The predicted molar refractivity (Wildman–Crippen MR) is 46.6 cm³/mol. The van der Waals surface area contributed by atoms with Gasteiger partial charge in [0, 0.05) is 12.0 Å². The van der Waals surface area contributed by atoms with Crippen molar-refractivity contribution >= 4 is 37.3 Å². The number of hydrogen-bond acceptors (Lipinski definition) is 2. The van der Waals surface area contributed by atoms with E-state index in [0.717, 1.165) is 0 Å². The van der Waals surface area contributed by atoms with E-state index in [2.05, 4.69) is 6.58 Å². The zero-order chi connectivity index (χ0) is 8.15. The van der Waals surface area contributed by atoms with E-state index in [1.54, 1.807) is 0 Å². The summed E-state index contributed by atoms with van der Waals surface area (Å²) in [6.07, 6.45) is 0.237. The van der Waals surface area contributed by atoms with Gasteiger partial charge >= 0.3 is 8.03 Å². The number of halogens is 2. The van der Waals surface area contributed by atoms with Gasteiger partial charge in [0.05, 0.1) is 0 Å². The Balaban J connectivity index is 0. The summed E-state index contributed by atoms with van der Waals surface area (Å²) < 4.78 is 10.1. The lowest BCUT2D eigenvalue weighted by molar-refractivity contribution is -0.108. The van der Waals surface area contributed by atoms with E-state index in [4.69, 9.17) is 16.5 Å². The molecule has 0 aliphatic heterocycles. The third kappa shape index (κ3) is 7.95. The van der Waals surface area contributed by atoms with Crippen LogP contribution in [0.15, 0.2) is 12.2 Å². The summed E-state index contributed by atoms with van der Waals surface area (Å²) in [4.78, 5) is 18.5. The highest BCUT2D eigenvalue weighted by Crippen LogP contribution is 2.17. The Morgan fingerprint density at radius 3 is 2.36 bits per heavy atom. The van der Waals surface area contributed by atoms with Crippen LogP contribution >= 0.6 is 32.0 Å². The SMILES string of the molecule is C=C(CC[P+](=O)O)C(=O)Cl.Cl. The quantitative estimate of drug-likeness (QED) is 0.445. The van der Waals surface area contributed by atoms with Crippen LogP contribution in [-0.4, -0.2) is 16.3 Å². The van der Waals surface area contributed by atoms with Gasteiger partial charge in [0.2, 0.25) is 5.24 Å². The van der Waals surface area contributed by atoms with Crippen LogP contribution in [0.5, 0.6) is 0 Å². The van der Waals surface area contributed by atoms with E-state index in [9.17, 15) is 9.36 Å². The van der Waals surface area contributed by atoms with Gasteiger partial charge in [-0.25, -0.2) is 0 Å². The third-order valence-corrected chi connectivity index (χ3v) is 1.76. The summed E-state index contributed by atoms with van der Waals surface area (Å²) in [5.74, 6) is 0. The molecule has 64 valence electrons. The predicted octanol–water partition coefficient (Wildman–Crippen LogP) is 1.85. The Morgan fingerprint density at radius 2 is 2.09 bits per heavy atom. The minimum absolute atomic E-state index is 0. The number of carbonyl (C=O) groups excluding carboxylic acids is 1. The smallest absolute Gasteiger partial charge is 0.276 e. The first-order valence-electron chi connectivity index (χ1n) is 2.55. The van der Waals surface area contributed by atoms with E-state index in [1.165, 1.54) is 0 Å². The molecule has 0 spiro atoms. The van der Waals surface area contributed by atoms with Gasteiger partial charge in [-0.15, -0.1) is 12.4 Å². The molecule has 1 unspecified atom stereocenters. The van der Waals surface area contributed by atoms with Gasteiger partial charge in [0.15, 0.2) is 6.16 Å². The molecule has 0 amide bonds. The number of carbonyl (C=O) groups is 1. The molecule has 11 heavy (non-hydrogen) atoms. The van der Waals surface area contributed by atoms with E-state index in [-0.39, 0.29) is 30.6 Å². The molecule has 1 N–H and O–H groups in total. The minimum Gasteiger partial charge on any atom is -0.276 e. The van der Waals surface area contributed by atoms with Gasteiger partial charge in [-0.3, -0.25) is 4.79 Å². The molecule has 6 heteroatoms. The standard InChI is InChI=1S/C5H6ClO3P.ClH/c1-4(5(6)7)2-3-10(8)9;/h1-3H2;1H/p+1. The van der Waals surface area contributed by atoms with Crippen LogP contribution in [0.3, 0.4) is 0 Å². The zero-order valence-corrected chi connectivity index (χ0v) is 8.09. The number of hydrogen-bond donors (Lipinski definition) is 1. The number of allylic oxidation sites excluding steroid dienone is 1. The lowest BCUT2D eigenvalue weighted by atomic mass is 10.3. The number of rotatable bonds is 4. The van der Waals surface area contributed by atoms with Crippen molar-refractivity contribution in [2.45, 2.75) is 6.42 Å². The van der Waals surface area contributed by atoms with Crippen molar-refractivity contribution in [1.82, 2.24) is 0 Å². The molecule has 0 saturated carbocycles. The molecule has 0 aromatic heterocycles. The first-order valence-corrected chi connectivity index (χ1v) is 4.32. The van der Waals surface area contributed by atoms with Crippen LogP contribution in [0.25, 0.3) is 0 Å². The van der Waals surface area contributed by atoms with Crippen LogP contribution in [0, 0.1) is 0 Å². The van der Waals surface area contributed by atoms with Crippen LogP contribution < -0.4 is 0 Å². The van der Waals surface area contributed by atoms with Gasteiger partial charge in [-0.05, 0) is 16.2 Å². The fourth-order valence-electron chi connectivity index (χ4n) is 0.329. The minimum atomic E-state index is -2.18. The Hall–Kier alpha value is 0.0500. The molecule has 0 aliphatic carbocycles. The van der Waals surface area contributed by atoms with Gasteiger partial charge in [0.1, 0.15) is 0 Å². The Morgan fingerprint density at radius 1 is 1.64 bits per heavy atom. The molecule has 0 aliphatic rings. The molecule has 0 rings (SSSR count). The van der Waals surface area contributed by atoms with Crippen molar-refractivity contribution < 1.29 is 14.3 Å². The Labute approximate surface area is 76.7 Å². The molecular formula is C5H8Cl2O3P+. The average molecular weight is 218 g/mol. The summed E-state index contributed by atoms with van der Waals surface area (Å²) in [5.41, 5.74) is 0.180. The van der Waals surface area contributed by atoms with Gasteiger partial charge in [-0.1, -0.05) is 6.58 Å². The first-order chi connectivity index (χ1) is 4.54. The van der Waals surface area contributed by atoms with Crippen molar-refractivity contribution in [3.05, 3.63) is 12.2 Å². The van der Waals surface area contributed by atoms with E-state index < -0.39 is 13.3 Å². The van der Waals surface area contributed by atoms with Crippen molar-refractivity contribution in [3.63, 3.8) is 0 Å². The molecule has 0 radical (unpaired) electrons. The topological polar surface area (TPSA) is 54.4 Å². The monoisotopic (exact) mass is 217 g/mol. The maximum Gasteiger partial charge on any atom is 0.505 e. The molecule has 0 heterocycles. The van der Waals surface area contributed by atoms with Crippen LogP contribution in [0.2, 0.25) is 0 Å². The molecule has 0 aromatic rings. The summed E-state index contributed by atoms with van der Waals surface area (Å²) in [5, 5.41) is -0.642. The van der Waals surface area contributed by atoms with E-state index >= 15 is 0 Å². The average Bonchev–Trinajstić information content (AvgIpc) is 1.82. The summed E-state index contributed by atoms with van der Waals surface area (Å²) in [6, 6.07) is 0. The molecule has 1 atom stereocenters. The van der Waals surface area contributed by atoms with Gasteiger partial charge in [0.25, 0.3) is 0 Å². The largest absolute Gasteiger partial charge is 0.505 e. The molecule has 0 saturated heterocycles. The van der Waals surface area contributed by atoms with Gasteiger partial charge in [-0.2, -0.15) is 4.89 Å². The van der Waals surface area contributed by atoms with Crippen molar-refractivity contribution in [3.8, 4) is 0 Å². The summed E-state index contributed by atoms with van der Waals surface area (Å²) in [6.45, 7) is 3.31. The fourth-order valence-corrected chi connectivity index (χ4v) is 0.885. The van der Waals surface area contributed by atoms with E-state index in [0.29, 0.717) is 0 Å². The molecular weight excluding hydrogens is 210 g/mol. The Kier molecular flexibility index (Phi) is 8.35. The third-order valence-electron chi connectivity index (χ3n) is 0.883. The summed E-state index contributed by atoms with van der Waals surface area (Å²) >= 11 is 5.00. The van der Waals surface area contributed by atoms with Crippen molar-refractivity contribution in [2.75, 3.05) is 6.16 Å². The highest BCUT2D eigenvalue weighted by atomic mass is 35.5. The van der Waals surface area contributed by atoms with Crippen LogP contribution in [-0.2, 0) is 9.36 Å². The second kappa shape index (κ2) is 6.74. The Bertz CT molecular complexity index is 181. The second-order valence-corrected chi connectivity index (χ2v) is 3.20. The van der Waals surface area contributed by atoms with E-state index in [1.807, 2.05) is 0 Å². The lowest BCUT2D eigenvalue weighted by Gasteiger charge is -1.88. The second-order valence-electron chi connectivity index (χ2n) is 1.70. The maximum atomic E-state index is 10.2. The molecule has 0 aromatic carbocycles. The van der Waals surface area contributed by atoms with Crippen LogP contribution in [0.1, 0.15) is 6.42 Å². The molecule has 0 bridgehead atoms. The van der Waals surface area contributed by atoms with Crippen LogP contribution in [0.4, 0.5) is 0 Å². The zero-order valence-electron chi connectivity index (χ0n) is 5.62. The first kappa shape index (κ1) is 13.6. The van der Waals surface area contributed by atoms with Crippen molar-refractivity contribution in [2.24, 2.45) is 0 Å². The normalized spacial score (nSPS) is 9.82. The maximum absolute atomic E-state index is 10.2. The van der Waals surface area contributed by atoms with Crippen molar-refractivity contribution in [1.29, 1.82) is 0 Å². The highest BCUT2D eigenvalue weighted by Gasteiger charge is 2.12. The molecule has 0 fully saturated rings. The van der Waals surface area contributed by atoms with Gasteiger partial charge < -0.3 is 0 Å². The summed E-state index contributed by atoms with van der Waals surface area (Å²) in [7, 11) is -2.18. The highest BCUT2D eigenvalue weighted by molar-refractivity contribution is 7.37.